The second kappa shape index (κ2) is 9.28. The van der Waals surface area contributed by atoms with Crippen molar-refractivity contribution in [1.82, 2.24) is 30.2 Å². The maximum atomic E-state index is 13.7. The van der Waals surface area contributed by atoms with Gasteiger partial charge in [-0.15, -0.1) is 0 Å². The van der Waals surface area contributed by atoms with Crippen LogP contribution in [0.5, 0.6) is 5.75 Å². The molecule has 0 unspecified atom stereocenters. The number of aromatic nitrogens is 4. The minimum Gasteiger partial charge on any atom is -0.493 e. The topological polar surface area (TPSA) is 93.4 Å². The molecule has 4 heterocycles. The third-order valence-corrected chi connectivity index (χ3v) is 8.41. The van der Waals surface area contributed by atoms with Crippen LogP contribution in [0, 0.1) is 6.92 Å². The molecule has 193 valence electrons. The zero-order valence-corrected chi connectivity index (χ0v) is 22.5. The highest BCUT2D eigenvalue weighted by Crippen LogP contribution is 2.49. The van der Waals surface area contributed by atoms with Gasteiger partial charge in [0.15, 0.2) is 5.65 Å². The molecule has 1 saturated heterocycles. The molecule has 0 bridgehead atoms. The van der Waals surface area contributed by atoms with Crippen LogP contribution in [0.1, 0.15) is 40.7 Å². The van der Waals surface area contributed by atoms with Gasteiger partial charge in [0.2, 0.25) is 0 Å². The van der Waals surface area contributed by atoms with Crippen molar-refractivity contribution in [3.05, 3.63) is 90.0 Å². The summed E-state index contributed by atoms with van der Waals surface area (Å²) in [4.78, 5) is 22.6. The van der Waals surface area contributed by atoms with E-state index in [0.29, 0.717) is 11.3 Å². The summed E-state index contributed by atoms with van der Waals surface area (Å²) in [5, 5.41) is 12.1. The van der Waals surface area contributed by atoms with Crippen molar-refractivity contribution in [2.45, 2.75) is 43.5 Å². The molecule has 1 aliphatic carbocycles. The van der Waals surface area contributed by atoms with Crippen molar-refractivity contribution in [2.75, 3.05) is 6.54 Å². The van der Waals surface area contributed by atoms with Crippen molar-refractivity contribution in [3.8, 4) is 16.9 Å². The maximum Gasteiger partial charge on any atom is 0.252 e. The van der Waals surface area contributed by atoms with Gasteiger partial charge in [-0.2, -0.15) is 5.10 Å². The van der Waals surface area contributed by atoms with Crippen LogP contribution < -0.4 is 15.4 Å². The molecule has 3 aromatic heterocycles. The molecule has 5 aromatic rings. The molecule has 9 heteroatoms. The molecular weight excluding hydrogens is 504 g/mol. The molecule has 1 saturated carbocycles. The molecule has 1 amide bonds. The maximum absolute atomic E-state index is 13.7. The Morgan fingerprint density at radius 2 is 2.03 bits per heavy atom. The van der Waals surface area contributed by atoms with E-state index >= 15 is 0 Å². The number of hydrogen-bond donors (Lipinski definition) is 2. The molecule has 2 aromatic carbocycles. The summed E-state index contributed by atoms with van der Waals surface area (Å²) >= 11 is 0. The standard InChI is InChI=1S/C30H27N6O2Si/c1-18-4-6-21(38-29(39)25-8-12-32-25)15-23(18)28(37)35-30(9-10-30)24-13-20(14-26-22(24)3-2-11-31-26)19-5-7-27-33-17-34-36(27)16-19/h2-7,11,13-17,25,29,32H,8-10,12H2,1H3,(H,35,37)/t25-,29-/m0/s1. The van der Waals surface area contributed by atoms with E-state index in [0.717, 1.165) is 64.6 Å². The quantitative estimate of drug-likeness (QED) is 0.310. The first-order valence-electron chi connectivity index (χ1n) is 13.2. The lowest BCUT2D eigenvalue weighted by Crippen LogP contribution is -2.53. The summed E-state index contributed by atoms with van der Waals surface area (Å²) in [5.41, 5.74) is 5.72. The smallest absolute Gasteiger partial charge is 0.252 e. The van der Waals surface area contributed by atoms with E-state index in [9.17, 15) is 4.79 Å². The number of benzene rings is 2. The van der Waals surface area contributed by atoms with Crippen LogP contribution in [0.25, 0.3) is 27.7 Å². The van der Waals surface area contributed by atoms with Gasteiger partial charge in [-0.05, 0) is 91.9 Å². The van der Waals surface area contributed by atoms with Crippen molar-refractivity contribution in [1.29, 1.82) is 0 Å². The normalized spacial score (nSPS) is 18.5. The number of pyridine rings is 2. The second-order valence-electron chi connectivity index (χ2n) is 10.5. The Morgan fingerprint density at radius 3 is 2.82 bits per heavy atom. The summed E-state index contributed by atoms with van der Waals surface area (Å²) in [5.74, 6) is 0.568. The van der Waals surface area contributed by atoms with E-state index in [4.69, 9.17) is 4.74 Å². The van der Waals surface area contributed by atoms with E-state index < -0.39 is 5.54 Å². The minimum absolute atomic E-state index is 0.103. The zero-order chi connectivity index (χ0) is 26.6. The first kappa shape index (κ1) is 24.0. The van der Waals surface area contributed by atoms with Crippen molar-refractivity contribution < 1.29 is 9.53 Å². The second-order valence-corrected chi connectivity index (χ2v) is 11.0. The van der Waals surface area contributed by atoms with Gasteiger partial charge in [0.25, 0.3) is 5.91 Å². The van der Waals surface area contributed by atoms with Crippen molar-refractivity contribution in [2.24, 2.45) is 0 Å². The molecule has 2 N–H and O–H groups in total. The number of amides is 1. The van der Waals surface area contributed by atoms with Crippen LogP contribution in [0.2, 0.25) is 0 Å². The van der Waals surface area contributed by atoms with Gasteiger partial charge in [0.05, 0.1) is 27.0 Å². The fourth-order valence-electron chi connectivity index (χ4n) is 5.32. The fraction of sp³-hybridized carbons (Fsp3) is 0.267. The number of hydrogen-bond acceptors (Lipinski definition) is 6. The van der Waals surface area contributed by atoms with E-state index in [1.165, 1.54) is 0 Å². The molecule has 7 rings (SSSR count). The predicted molar refractivity (Wildman–Crippen MR) is 150 cm³/mol. The highest BCUT2D eigenvalue weighted by molar-refractivity contribution is 6.11. The fourth-order valence-corrected chi connectivity index (χ4v) is 5.74. The van der Waals surface area contributed by atoms with Crippen molar-refractivity contribution >= 4 is 32.7 Å². The van der Waals surface area contributed by atoms with Crippen LogP contribution in [0.3, 0.4) is 0 Å². The molecule has 0 spiro atoms. The molecule has 8 nitrogen and oxygen atoms in total. The average Bonchev–Trinajstić information content (AvgIpc) is 3.53. The monoisotopic (exact) mass is 531 g/mol. The summed E-state index contributed by atoms with van der Waals surface area (Å²) in [6.45, 7) is 2.95. The van der Waals surface area contributed by atoms with Crippen LogP contribution in [-0.2, 0) is 5.54 Å². The van der Waals surface area contributed by atoms with Gasteiger partial charge in [-0.25, -0.2) is 9.50 Å². The Hall–Kier alpha value is -4.08. The average molecular weight is 532 g/mol. The van der Waals surface area contributed by atoms with Crippen molar-refractivity contribution in [3.63, 3.8) is 0 Å². The third-order valence-electron chi connectivity index (χ3n) is 7.89. The molecule has 2 fully saturated rings. The summed E-state index contributed by atoms with van der Waals surface area (Å²) < 4.78 is 7.86. The summed E-state index contributed by atoms with van der Waals surface area (Å²) in [6, 6.07) is 18.3. The number of rotatable bonds is 7. The Bertz CT molecular complexity index is 1730. The van der Waals surface area contributed by atoms with Crippen LogP contribution in [-0.4, -0.2) is 54.0 Å². The van der Waals surface area contributed by atoms with Gasteiger partial charge in [-0.3, -0.25) is 9.78 Å². The molecule has 2 aliphatic rings. The van der Waals surface area contributed by atoms with Crippen LogP contribution in [0.4, 0.5) is 0 Å². The lowest BCUT2D eigenvalue weighted by Gasteiger charge is -2.33. The van der Waals surface area contributed by atoms with Gasteiger partial charge >= 0.3 is 0 Å². The lowest BCUT2D eigenvalue weighted by atomic mass is 9.93. The number of carbonyl (C=O) groups excluding carboxylic acids is 1. The van der Waals surface area contributed by atoms with Crippen LogP contribution in [0.15, 0.2) is 73.3 Å². The van der Waals surface area contributed by atoms with Gasteiger partial charge in [0, 0.05) is 34.9 Å². The lowest BCUT2D eigenvalue weighted by molar-refractivity contribution is 0.0929. The number of nitrogens with one attached hydrogen (secondary N) is 2. The number of fused-ring (bicyclic) bond motifs is 2. The molecule has 2 atom stereocenters. The highest BCUT2D eigenvalue weighted by atomic mass is 28.1. The highest BCUT2D eigenvalue weighted by Gasteiger charge is 2.47. The first-order chi connectivity index (χ1) is 19.0. The molecule has 3 radical (unpaired) electrons. The number of aryl methyl sites for hydroxylation is 1. The Morgan fingerprint density at radius 1 is 1.15 bits per heavy atom. The molecule has 39 heavy (non-hydrogen) atoms. The molecule has 1 aliphatic heterocycles. The van der Waals surface area contributed by atoms with E-state index in [-0.39, 0.29) is 17.7 Å². The third kappa shape index (κ3) is 4.37. The van der Waals surface area contributed by atoms with Gasteiger partial charge in [-0.1, -0.05) is 12.1 Å². The van der Waals surface area contributed by atoms with Gasteiger partial charge in [0.1, 0.15) is 12.1 Å². The SMILES string of the molecule is Cc1ccc(O[C@@H]([Si])[C@@H]2CCN2)cc1C(=O)NC1(c2cc(-c3ccc4ncnn4c3)cc3ncccc23)CC1. The van der Waals surface area contributed by atoms with E-state index in [1.807, 2.05) is 49.5 Å². The Kier molecular flexibility index (Phi) is 5.71. The summed E-state index contributed by atoms with van der Waals surface area (Å²) in [6.07, 6.45) is 8.11. The van der Waals surface area contributed by atoms with Crippen LogP contribution >= 0.6 is 0 Å². The largest absolute Gasteiger partial charge is 0.493 e. The first-order valence-corrected chi connectivity index (χ1v) is 13.8. The molecular formula is C30H27N6O2Si. The zero-order valence-electron chi connectivity index (χ0n) is 21.5. The van der Waals surface area contributed by atoms with E-state index in [1.54, 1.807) is 17.0 Å². The number of carbonyl (C=O) groups is 1. The minimum atomic E-state index is -0.456. The predicted octanol–water partition coefficient (Wildman–Crippen LogP) is 3.91. The van der Waals surface area contributed by atoms with E-state index in [2.05, 4.69) is 54.1 Å². The number of ether oxygens (including phenoxy) is 1. The van der Waals surface area contributed by atoms with Gasteiger partial charge < -0.3 is 15.4 Å². The Balaban J connectivity index is 1.22. The number of nitrogens with zero attached hydrogens (tertiary/aromatic N) is 4. The Labute approximate surface area is 229 Å². The summed E-state index contributed by atoms with van der Waals surface area (Å²) in [7, 11) is 3.68.